The van der Waals surface area contributed by atoms with E-state index in [0.717, 1.165) is 30.6 Å². The molecule has 0 heterocycles. The third-order valence-electron chi connectivity index (χ3n) is 2.71. The predicted octanol–water partition coefficient (Wildman–Crippen LogP) is 3.34. The van der Waals surface area contributed by atoms with Gasteiger partial charge >= 0.3 is 0 Å². The summed E-state index contributed by atoms with van der Waals surface area (Å²) in [6, 6.07) is 0. The second-order valence-corrected chi connectivity index (χ2v) is 3.39. The van der Waals surface area contributed by atoms with Gasteiger partial charge in [-0.2, -0.15) is 0 Å². The maximum atomic E-state index is 3.90. The smallest absolute Gasteiger partial charge is 0.0391 e. The lowest BCUT2D eigenvalue weighted by Crippen LogP contribution is -2.15. The van der Waals surface area contributed by atoms with Crippen LogP contribution in [0.15, 0.2) is 0 Å². The van der Waals surface area contributed by atoms with Gasteiger partial charge in [0.05, 0.1) is 0 Å². The van der Waals surface area contributed by atoms with E-state index in [1.165, 1.54) is 0 Å². The topological polar surface area (TPSA) is 0 Å². The lowest BCUT2D eigenvalue weighted by molar-refractivity contribution is 0.281. The fraction of sp³-hybridized carbons (Fsp3) is 0.800. The summed E-state index contributed by atoms with van der Waals surface area (Å²) in [7, 11) is 0. The van der Waals surface area contributed by atoms with Crippen LogP contribution < -0.4 is 0 Å². The molecule has 0 aromatic carbocycles. The van der Waals surface area contributed by atoms with Crippen LogP contribution in [0, 0.1) is 31.6 Å². The molecule has 0 amide bonds. The summed E-state index contributed by atoms with van der Waals surface area (Å²) in [6.45, 7) is 14.6. The summed E-state index contributed by atoms with van der Waals surface area (Å²) < 4.78 is 0. The van der Waals surface area contributed by atoms with Crippen molar-refractivity contribution in [3.8, 4) is 0 Å². The molecule has 0 aromatic heterocycles. The number of rotatable bonds is 4. The molecule has 2 radical (unpaired) electrons. The maximum Gasteiger partial charge on any atom is -0.0391 e. The second kappa shape index (κ2) is 4.76. The molecule has 0 saturated heterocycles. The van der Waals surface area contributed by atoms with Crippen molar-refractivity contribution in [1.82, 2.24) is 0 Å². The van der Waals surface area contributed by atoms with E-state index in [1.807, 2.05) is 0 Å². The highest BCUT2D eigenvalue weighted by Gasteiger charge is 2.15. The normalized spacial score (nSPS) is 20.1. The van der Waals surface area contributed by atoms with Gasteiger partial charge in [-0.3, -0.25) is 0 Å². The Morgan fingerprint density at radius 3 is 1.40 bits per heavy atom. The van der Waals surface area contributed by atoms with Gasteiger partial charge in [-0.05, 0) is 17.8 Å². The molecular weight excluding hydrogens is 120 g/mol. The zero-order chi connectivity index (χ0) is 8.15. The van der Waals surface area contributed by atoms with E-state index < -0.39 is 0 Å². The predicted molar refractivity (Wildman–Crippen MR) is 47.4 cm³/mol. The van der Waals surface area contributed by atoms with Crippen molar-refractivity contribution in [3.63, 3.8) is 0 Å². The van der Waals surface area contributed by atoms with Crippen molar-refractivity contribution < 1.29 is 0 Å². The van der Waals surface area contributed by atoms with Gasteiger partial charge in [0, 0.05) is 0 Å². The molecule has 10 heavy (non-hydrogen) atoms. The standard InChI is InChI=1S/C10H20/c1-6-8(3)10(5)9(4)7-2/h8-10H,1-2,6-7H2,3-5H3. The molecule has 0 rings (SSSR count). The highest BCUT2D eigenvalue weighted by Crippen LogP contribution is 2.24. The average Bonchev–Trinajstić information content (AvgIpc) is 2.00. The molecule has 0 aliphatic rings. The minimum atomic E-state index is 0.747. The molecular formula is C10H20. The van der Waals surface area contributed by atoms with Gasteiger partial charge < -0.3 is 0 Å². The van der Waals surface area contributed by atoms with Crippen LogP contribution in [-0.4, -0.2) is 0 Å². The van der Waals surface area contributed by atoms with Crippen molar-refractivity contribution in [1.29, 1.82) is 0 Å². The first kappa shape index (κ1) is 10.0. The number of hydrogen-bond donors (Lipinski definition) is 0. The van der Waals surface area contributed by atoms with E-state index >= 15 is 0 Å². The minimum Gasteiger partial charge on any atom is -0.0622 e. The Kier molecular flexibility index (Phi) is 4.76. The Balaban J connectivity index is 3.69. The Bertz CT molecular complexity index is 66.1. The Morgan fingerprint density at radius 2 is 1.20 bits per heavy atom. The van der Waals surface area contributed by atoms with Crippen LogP contribution in [0.2, 0.25) is 0 Å². The lowest BCUT2D eigenvalue weighted by atomic mass is 9.82. The molecule has 60 valence electrons. The number of hydrogen-bond acceptors (Lipinski definition) is 0. The monoisotopic (exact) mass is 140 g/mol. The summed E-state index contributed by atoms with van der Waals surface area (Å²) in [5, 5.41) is 0. The minimum absolute atomic E-state index is 0.747. The molecule has 2 unspecified atom stereocenters. The summed E-state index contributed by atoms with van der Waals surface area (Å²) in [5.74, 6) is 2.27. The largest absolute Gasteiger partial charge is 0.0622 e. The van der Waals surface area contributed by atoms with Crippen LogP contribution in [0.25, 0.3) is 0 Å². The van der Waals surface area contributed by atoms with Crippen LogP contribution in [0.5, 0.6) is 0 Å². The maximum absolute atomic E-state index is 3.90. The quantitative estimate of drug-likeness (QED) is 0.562. The van der Waals surface area contributed by atoms with E-state index in [4.69, 9.17) is 0 Å². The molecule has 0 aromatic rings. The van der Waals surface area contributed by atoms with Crippen molar-refractivity contribution >= 4 is 0 Å². The highest BCUT2D eigenvalue weighted by molar-refractivity contribution is 4.69. The van der Waals surface area contributed by atoms with Gasteiger partial charge in [-0.15, -0.1) is 0 Å². The Labute approximate surface area is 66.0 Å². The van der Waals surface area contributed by atoms with E-state index in [1.54, 1.807) is 0 Å². The summed E-state index contributed by atoms with van der Waals surface area (Å²) in [4.78, 5) is 0. The highest BCUT2D eigenvalue weighted by atomic mass is 14.2. The van der Waals surface area contributed by atoms with E-state index in [9.17, 15) is 0 Å². The van der Waals surface area contributed by atoms with Gasteiger partial charge in [0.25, 0.3) is 0 Å². The first-order valence-electron chi connectivity index (χ1n) is 4.22. The van der Waals surface area contributed by atoms with Crippen LogP contribution >= 0.6 is 0 Å². The van der Waals surface area contributed by atoms with Gasteiger partial charge in [-0.25, -0.2) is 0 Å². The van der Waals surface area contributed by atoms with E-state index in [-0.39, 0.29) is 0 Å². The Hall–Kier alpha value is 0. The lowest BCUT2D eigenvalue weighted by Gasteiger charge is -2.23. The molecule has 0 saturated carbocycles. The third-order valence-corrected chi connectivity index (χ3v) is 2.71. The molecule has 0 aliphatic carbocycles. The van der Waals surface area contributed by atoms with Gasteiger partial charge in [0.2, 0.25) is 0 Å². The summed E-state index contributed by atoms with van der Waals surface area (Å²) in [5.41, 5.74) is 0. The molecule has 0 fully saturated rings. The molecule has 0 heteroatoms. The molecule has 0 bridgehead atoms. The molecule has 0 N–H and O–H groups in total. The molecule has 0 spiro atoms. The van der Waals surface area contributed by atoms with Gasteiger partial charge in [0.15, 0.2) is 0 Å². The first-order valence-corrected chi connectivity index (χ1v) is 4.22. The van der Waals surface area contributed by atoms with Crippen LogP contribution in [-0.2, 0) is 0 Å². The van der Waals surface area contributed by atoms with Crippen molar-refractivity contribution in [3.05, 3.63) is 13.8 Å². The summed E-state index contributed by atoms with van der Waals surface area (Å²) >= 11 is 0. The van der Waals surface area contributed by atoms with Crippen LogP contribution in [0.4, 0.5) is 0 Å². The van der Waals surface area contributed by atoms with E-state index in [0.29, 0.717) is 0 Å². The SMILES string of the molecule is [CH2]CC(C)C(C)C(C)C[CH2]. The van der Waals surface area contributed by atoms with Gasteiger partial charge in [-0.1, -0.05) is 47.5 Å². The van der Waals surface area contributed by atoms with Crippen LogP contribution in [0.1, 0.15) is 33.6 Å². The van der Waals surface area contributed by atoms with Gasteiger partial charge in [0.1, 0.15) is 0 Å². The average molecular weight is 140 g/mol. The first-order chi connectivity index (χ1) is 4.63. The van der Waals surface area contributed by atoms with Crippen molar-refractivity contribution in [2.45, 2.75) is 33.6 Å². The molecule has 2 atom stereocenters. The zero-order valence-electron chi connectivity index (χ0n) is 7.56. The van der Waals surface area contributed by atoms with Crippen LogP contribution in [0.3, 0.4) is 0 Å². The molecule has 0 nitrogen and oxygen atoms in total. The fourth-order valence-electron chi connectivity index (χ4n) is 1.09. The van der Waals surface area contributed by atoms with Crippen molar-refractivity contribution in [2.24, 2.45) is 17.8 Å². The summed E-state index contributed by atoms with van der Waals surface area (Å²) in [6.07, 6.45) is 2.09. The second-order valence-electron chi connectivity index (χ2n) is 3.39. The van der Waals surface area contributed by atoms with Crippen molar-refractivity contribution in [2.75, 3.05) is 0 Å². The fourth-order valence-corrected chi connectivity index (χ4v) is 1.09. The third kappa shape index (κ3) is 2.72. The van der Waals surface area contributed by atoms with E-state index in [2.05, 4.69) is 34.6 Å². The Morgan fingerprint density at radius 1 is 0.900 bits per heavy atom. The molecule has 0 aliphatic heterocycles. The zero-order valence-corrected chi connectivity index (χ0v) is 7.56.